The molecule has 0 aliphatic carbocycles. The Kier molecular flexibility index (Phi) is 4.81. The van der Waals surface area contributed by atoms with Gasteiger partial charge in [-0.05, 0) is 38.1 Å². The van der Waals surface area contributed by atoms with Gasteiger partial charge in [0.05, 0.1) is 5.60 Å². The van der Waals surface area contributed by atoms with Crippen LogP contribution in [0.2, 0.25) is 0 Å². The lowest BCUT2D eigenvalue weighted by atomic mass is 9.95. The molecule has 1 amide bonds. The smallest absolute Gasteiger partial charge is 0.232 e. The number of carbonyl (C=O) groups is 1. The zero-order chi connectivity index (χ0) is 15.6. The molecule has 1 aromatic carbocycles. The highest BCUT2D eigenvalue weighted by Crippen LogP contribution is 2.24. The Hall–Kier alpha value is -1.55. The Morgan fingerprint density at radius 3 is 2.05 bits per heavy atom. The normalized spacial score (nSPS) is 12.2. The van der Waals surface area contributed by atoms with Crippen LogP contribution in [0.1, 0.15) is 34.6 Å². The first-order chi connectivity index (χ1) is 9.00. The summed E-state index contributed by atoms with van der Waals surface area (Å²) in [7, 11) is 1.76. The number of amides is 1. The number of nitrogens with zero attached hydrogens (tertiary/aromatic N) is 1. The van der Waals surface area contributed by atoms with Crippen molar-refractivity contribution in [2.75, 3.05) is 18.6 Å². The van der Waals surface area contributed by atoms with Crippen LogP contribution in [-0.4, -0.2) is 30.3 Å². The number of carbonyl (C=O) groups excluding carboxylic acids is 1. The second-order valence-electron chi connectivity index (χ2n) is 6.71. The molecule has 0 bridgehead atoms. The van der Waals surface area contributed by atoms with E-state index in [0.717, 1.165) is 5.69 Å². The van der Waals surface area contributed by atoms with Crippen LogP contribution < -0.4 is 9.64 Å². The molecule has 20 heavy (non-hydrogen) atoms. The van der Waals surface area contributed by atoms with Gasteiger partial charge >= 0.3 is 0 Å². The molecule has 112 valence electrons. The summed E-state index contributed by atoms with van der Waals surface area (Å²) in [6.07, 6.45) is 0. The molecule has 0 fully saturated rings. The van der Waals surface area contributed by atoms with Crippen molar-refractivity contribution < 1.29 is 14.6 Å². The number of benzene rings is 1. The minimum absolute atomic E-state index is 0.0580. The molecule has 4 nitrogen and oxygen atoms in total. The van der Waals surface area contributed by atoms with Crippen molar-refractivity contribution >= 4 is 11.6 Å². The van der Waals surface area contributed by atoms with Crippen molar-refractivity contribution in [3.05, 3.63) is 24.3 Å². The average Bonchev–Trinajstić information content (AvgIpc) is 2.33. The van der Waals surface area contributed by atoms with Crippen LogP contribution >= 0.6 is 0 Å². The van der Waals surface area contributed by atoms with Gasteiger partial charge in [-0.2, -0.15) is 0 Å². The lowest BCUT2D eigenvalue weighted by Crippen LogP contribution is -2.36. The van der Waals surface area contributed by atoms with E-state index < -0.39 is 11.0 Å². The minimum Gasteiger partial charge on any atom is -0.491 e. The molecule has 0 saturated carbocycles. The lowest BCUT2D eigenvalue weighted by Gasteiger charge is -2.26. The second kappa shape index (κ2) is 5.83. The van der Waals surface area contributed by atoms with Gasteiger partial charge in [-0.3, -0.25) is 4.79 Å². The van der Waals surface area contributed by atoms with Crippen LogP contribution in [-0.2, 0) is 4.79 Å². The number of rotatable bonds is 4. The van der Waals surface area contributed by atoms with Gasteiger partial charge < -0.3 is 14.7 Å². The molecule has 1 rings (SSSR count). The summed E-state index contributed by atoms with van der Waals surface area (Å²) in [6.45, 7) is 9.29. The summed E-state index contributed by atoms with van der Waals surface area (Å²) in [5.41, 5.74) is -0.455. The molecule has 0 aliphatic heterocycles. The Morgan fingerprint density at radius 2 is 1.65 bits per heavy atom. The maximum absolute atomic E-state index is 12.2. The van der Waals surface area contributed by atoms with Crippen molar-refractivity contribution in [2.24, 2.45) is 5.41 Å². The number of hydrogen-bond donors (Lipinski definition) is 1. The summed E-state index contributed by atoms with van der Waals surface area (Å²) < 4.78 is 5.48. The molecule has 0 spiro atoms. The van der Waals surface area contributed by atoms with Crippen LogP contribution in [0, 0.1) is 5.41 Å². The average molecular weight is 279 g/mol. The van der Waals surface area contributed by atoms with Gasteiger partial charge in [0.1, 0.15) is 12.4 Å². The molecule has 1 aromatic rings. The van der Waals surface area contributed by atoms with E-state index in [2.05, 4.69) is 0 Å². The number of aliphatic hydroxyl groups is 1. The van der Waals surface area contributed by atoms with Crippen molar-refractivity contribution in [1.82, 2.24) is 0 Å². The van der Waals surface area contributed by atoms with Gasteiger partial charge in [-0.25, -0.2) is 0 Å². The summed E-state index contributed by atoms with van der Waals surface area (Å²) in [5, 5.41) is 9.61. The third-order valence-electron chi connectivity index (χ3n) is 2.76. The van der Waals surface area contributed by atoms with E-state index in [-0.39, 0.29) is 12.5 Å². The fourth-order valence-corrected chi connectivity index (χ4v) is 1.65. The van der Waals surface area contributed by atoms with E-state index in [1.54, 1.807) is 37.9 Å². The third kappa shape index (κ3) is 4.85. The molecular weight excluding hydrogens is 254 g/mol. The SMILES string of the molecule is CN(C(=O)C(C)(C)C)c1ccc(OCC(C)(C)O)cc1. The minimum atomic E-state index is -0.863. The van der Waals surface area contributed by atoms with E-state index in [1.165, 1.54) is 0 Å². The maximum atomic E-state index is 12.2. The Balaban J connectivity index is 2.74. The highest BCUT2D eigenvalue weighted by molar-refractivity contribution is 5.96. The predicted molar refractivity (Wildman–Crippen MR) is 81.1 cm³/mol. The maximum Gasteiger partial charge on any atom is 0.232 e. The van der Waals surface area contributed by atoms with Crippen molar-refractivity contribution in [2.45, 2.75) is 40.2 Å². The molecule has 0 atom stereocenters. The topological polar surface area (TPSA) is 49.8 Å². The fraction of sp³-hybridized carbons (Fsp3) is 0.562. The monoisotopic (exact) mass is 279 g/mol. The van der Waals surface area contributed by atoms with Crippen molar-refractivity contribution in [3.63, 3.8) is 0 Å². The zero-order valence-corrected chi connectivity index (χ0v) is 13.2. The molecule has 4 heteroatoms. The van der Waals surface area contributed by atoms with Gasteiger partial charge in [0.2, 0.25) is 5.91 Å². The van der Waals surface area contributed by atoms with Crippen LogP contribution in [0.15, 0.2) is 24.3 Å². The number of ether oxygens (including phenoxy) is 1. The third-order valence-corrected chi connectivity index (χ3v) is 2.76. The summed E-state index contributed by atoms with van der Waals surface area (Å²) >= 11 is 0. The van der Waals surface area contributed by atoms with E-state index in [4.69, 9.17) is 4.74 Å². The molecule has 1 N–H and O–H groups in total. The molecule has 0 saturated heterocycles. The Bertz CT molecular complexity index is 452. The van der Waals surface area contributed by atoms with E-state index >= 15 is 0 Å². The first-order valence-electron chi connectivity index (χ1n) is 6.74. The van der Waals surface area contributed by atoms with Gasteiger partial charge in [0.25, 0.3) is 0 Å². The predicted octanol–water partition coefficient (Wildman–Crippen LogP) is 2.85. The molecule has 0 aliphatic rings. The van der Waals surface area contributed by atoms with Crippen LogP contribution in [0.5, 0.6) is 5.75 Å². The fourth-order valence-electron chi connectivity index (χ4n) is 1.65. The van der Waals surface area contributed by atoms with Gasteiger partial charge in [-0.1, -0.05) is 20.8 Å². The highest BCUT2D eigenvalue weighted by atomic mass is 16.5. The van der Waals surface area contributed by atoms with E-state index in [0.29, 0.717) is 5.75 Å². The number of hydrogen-bond acceptors (Lipinski definition) is 3. The van der Waals surface area contributed by atoms with E-state index in [1.807, 2.05) is 32.9 Å². The van der Waals surface area contributed by atoms with Crippen molar-refractivity contribution in [3.8, 4) is 5.75 Å². The largest absolute Gasteiger partial charge is 0.491 e. The first kappa shape index (κ1) is 16.5. The van der Waals surface area contributed by atoms with Gasteiger partial charge in [0.15, 0.2) is 0 Å². The van der Waals surface area contributed by atoms with Crippen LogP contribution in [0.4, 0.5) is 5.69 Å². The molecular formula is C16H25NO3. The zero-order valence-electron chi connectivity index (χ0n) is 13.2. The standard InChI is InChI=1S/C16H25NO3/c1-15(2,3)14(18)17(6)12-7-9-13(10-8-12)20-11-16(4,5)19/h7-10,19H,11H2,1-6H3. The molecule has 0 heterocycles. The van der Waals surface area contributed by atoms with Gasteiger partial charge in [-0.15, -0.1) is 0 Å². The van der Waals surface area contributed by atoms with Crippen molar-refractivity contribution in [1.29, 1.82) is 0 Å². The second-order valence-corrected chi connectivity index (χ2v) is 6.71. The summed E-state index contributed by atoms with van der Waals surface area (Å²) in [6, 6.07) is 7.27. The number of anilines is 1. The van der Waals surface area contributed by atoms with E-state index in [9.17, 15) is 9.90 Å². The molecule has 0 radical (unpaired) electrons. The lowest BCUT2D eigenvalue weighted by molar-refractivity contribution is -0.125. The van der Waals surface area contributed by atoms with Gasteiger partial charge in [0, 0.05) is 18.2 Å². The van der Waals surface area contributed by atoms with Crippen LogP contribution in [0.3, 0.4) is 0 Å². The molecule has 0 aromatic heterocycles. The summed E-state index contributed by atoms with van der Waals surface area (Å²) in [5.74, 6) is 0.732. The molecule has 0 unspecified atom stereocenters. The Labute approximate surface area is 121 Å². The van der Waals surface area contributed by atoms with Crippen LogP contribution in [0.25, 0.3) is 0 Å². The Morgan fingerprint density at radius 1 is 1.15 bits per heavy atom. The first-order valence-corrected chi connectivity index (χ1v) is 6.74. The summed E-state index contributed by atoms with van der Waals surface area (Å²) in [4.78, 5) is 13.8. The highest BCUT2D eigenvalue weighted by Gasteiger charge is 2.25. The quantitative estimate of drug-likeness (QED) is 0.922.